The lowest BCUT2D eigenvalue weighted by Gasteiger charge is -2.42. The van der Waals surface area contributed by atoms with E-state index in [0.29, 0.717) is 22.9 Å². The fourth-order valence-corrected chi connectivity index (χ4v) is 7.84. The van der Waals surface area contributed by atoms with Crippen LogP contribution in [0.25, 0.3) is 11.0 Å². The van der Waals surface area contributed by atoms with Crippen molar-refractivity contribution in [3.63, 3.8) is 0 Å². The summed E-state index contributed by atoms with van der Waals surface area (Å²) in [5.41, 5.74) is 0.915. The monoisotopic (exact) mass is 571 g/mol. The molecule has 0 spiro atoms. The van der Waals surface area contributed by atoms with Crippen LogP contribution in [-0.2, 0) is 14.8 Å². The van der Waals surface area contributed by atoms with E-state index in [2.05, 4.69) is 14.9 Å². The van der Waals surface area contributed by atoms with E-state index in [-0.39, 0.29) is 11.0 Å². The molecule has 1 aliphatic carbocycles. The smallest absolute Gasteiger partial charge is 0.410 e. The Kier molecular flexibility index (Phi) is 7.58. The van der Waals surface area contributed by atoms with E-state index in [0.717, 1.165) is 54.9 Å². The second kappa shape index (κ2) is 10.6. The Labute approximate surface area is 235 Å². The Morgan fingerprint density at radius 1 is 1.15 bits per heavy atom. The third kappa shape index (κ3) is 5.89. The van der Waals surface area contributed by atoms with Crippen LogP contribution >= 0.6 is 11.8 Å². The molecule has 1 saturated carbocycles. The summed E-state index contributed by atoms with van der Waals surface area (Å²) in [5.74, 6) is 2.43. The van der Waals surface area contributed by atoms with Crippen molar-refractivity contribution in [3.8, 4) is 0 Å². The molecule has 39 heavy (non-hydrogen) atoms. The number of fused-ring (bicyclic) bond motifs is 1. The maximum absolute atomic E-state index is 13.3. The minimum atomic E-state index is -3.76. The van der Waals surface area contributed by atoms with Gasteiger partial charge in [0, 0.05) is 37.6 Å². The van der Waals surface area contributed by atoms with Crippen LogP contribution in [0.1, 0.15) is 45.6 Å². The van der Waals surface area contributed by atoms with Gasteiger partial charge in [0.25, 0.3) is 10.0 Å². The number of hydrogen-bond donors (Lipinski definition) is 0. The quantitative estimate of drug-likeness (QED) is 0.394. The molecular formula is C28H37N5O4S2. The van der Waals surface area contributed by atoms with Crippen molar-refractivity contribution in [2.45, 2.75) is 68.7 Å². The Morgan fingerprint density at radius 2 is 1.87 bits per heavy atom. The SMILES string of the molecule is Cc1ccc(S(=O)(=O)n2ccc3c(N(C)C4CC(CSC5CCN(C(=O)OC(C)(C)C)C5)C4)ncnc32)cc1. The molecule has 0 radical (unpaired) electrons. The highest BCUT2D eigenvalue weighted by atomic mass is 32.2. The fraction of sp³-hybridized carbons (Fsp3) is 0.536. The summed E-state index contributed by atoms with van der Waals surface area (Å²) in [6, 6.07) is 8.96. The summed E-state index contributed by atoms with van der Waals surface area (Å²) in [7, 11) is -1.74. The third-order valence-electron chi connectivity index (χ3n) is 7.46. The molecule has 5 rings (SSSR count). The van der Waals surface area contributed by atoms with Gasteiger partial charge in [0.1, 0.15) is 17.7 Å². The van der Waals surface area contributed by atoms with E-state index in [4.69, 9.17) is 4.74 Å². The van der Waals surface area contributed by atoms with Gasteiger partial charge >= 0.3 is 6.09 Å². The molecule has 2 fully saturated rings. The third-order valence-corrected chi connectivity index (χ3v) is 10.7. The molecule has 1 saturated heterocycles. The van der Waals surface area contributed by atoms with Crippen LogP contribution in [0.4, 0.5) is 10.6 Å². The van der Waals surface area contributed by atoms with Gasteiger partial charge in [-0.15, -0.1) is 0 Å². The second-order valence-corrected chi connectivity index (χ2v) is 14.8. The summed E-state index contributed by atoms with van der Waals surface area (Å²) in [4.78, 5) is 25.4. The standard InChI is InChI=1S/C28H37N5O4S2/c1-19-6-8-23(9-7-19)39(35,36)33-13-11-24-25(29-18-30-26(24)33)31(5)21-14-20(15-21)17-38-22-10-12-32(16-22)27(34)37-28(2,3)4/h6-9,11,13,18,20-22H,10,12,14-17H2,1-5H3. The number of aryl methyl sites for hydroxylation is 1. The van der Waals surface area contributed by atoms with Crippen LogP contribution in [0.2, 0.25) is 0 Å². The van der Waals surface area contributed by atoms with E-state index in [1.807, 2.05) is 51.4 Å². The van der Waals surface area contributed by atoms with Crippen molar-refractivity contribution >= 4 is 44.7 Å². The van der Waals surface area contributed by atoms with E-state index < -0.39 is 15.6 Å². The number of benzene rings is 1. The number of carbonyl (C=O) groups excluding carboxylic acids is 1. The number of rotatable bonds is 7. The predicted molar refractivity (Wildman–Crippen MR) is 155 cm³/mol. The number of hydrogen-bond acceptors (Lipinski definition) is 8. The van der Waals surface area contributed by atoms with Gasteiger partial charge in [-0.3, -0.25) is 0 Å². The van der Waals surface area contributed by atoms with E-state index in [9.17, 15) is 13.2 Å². The van der Waals surface area contributed by atoms with Crippen molar-refractivity contribution in [1.29, 1.82) is 0 Å². The summed E-state index contributed by atoms with van der Waals surface area (Å²) in [5, 5.41) is 1.17. The van der Waals surface area contributed by atoms with Crippen LogP contribution in [0.5, 0.6) is 0 Å². The molecule has 0 bridgehead atoms. The molecule has 3 heterocycles. The summed E-state index contributed by atoms with van der Waals surface area (Å²) < 4.78 is 33.4. The Hall–Kier alpha value is -2.79. The molecule has 11 heteroatoms. The molecule has 1 atom stereocenters. The average Bonchev–Trinajstić information content (AvgIpc) is 3.50. The first-order chi connectivity index (χ1) is 18.4. The molecule has 2 aromatic heterocycles. The Balaban J connectivity index is 1.18. The van der Waals surface area contributed by atoms with Crippen LogP contribution in [-0.4, -0.2) is 76.1 Å². The maximum Gasteiger partial charge on any atom is 0.410 e. The largest absolute Gasteiger partial charge is 0.444 e. The number of carbonyl (C=O) groups is 1. The second-order valence-electron chi connectivity index (χ2n) is 11.6. The summed E-state index contributed by atoms with van der Waals surface area (Å²) in [6.07, 6.45) is 5.90. The lowest BCUT2D eigenvalue weighted by atomic mass is 9.81. The number of thioether (sulfide) groups is 1. The maximum atomic E-state index is 13.3. The molecule has 210 valence electrons. The van der Waals surface area contributed by atoms with Gasteiger partial charge in [0.15, 0.2) is 5.65 Å². The highest BCUT2D eigenvalue weighted by Crippen LogP contribution is 2.39. The number of likely N-dealkylation sites (tertiary alicyclic amines) is 1. The average molecular weight is 572 g/mol. The van der Waals surface area contributed by atoms with Gasteiger partial charge in [0.05, 0.1) is 10.3 Å². The molecule has 1 aromatic carbocycles. The van der Waals surface area contributed by atoms with Crippen molar-refractivity contribution in [1.82, 2.24) is 18.8 Å². The fourth-order valence-electron chi connectivity index (χ4n) is 5.17. The van der Waals surface area contributed by atoms with Crippen molar-refractivity contribution in [2.24, 2.45) is 5.92 Å². The topological polar surface area (TPSA) is 97.6 Å². The predicted octanol–water partition coefficient (Wildman–Crippen LogP) is 4.93. The molecule has 1 unspecified atom stereocenters. The van der Waals surface area contributed by atoms with Crippen molar-refractivity contribution in [3.05, 3.63) is 48.4 Å². The highest BCUT2D eigenvalue weighted by Gasteiger charge is 2.36. The lowest BCUT2D eigenvalue weighted by molar-refractivity contribution is 0.0295. The van der Waals surface area contributed by atoms with Crippen LogP contribution in [0.15, 0.2) is 47.8 Å². The Morgan fingerprint density at radius 3 is 2.56 bits per heavy atom. The molecule has 1 aliphatic heterocycles. The summed E-state index contributed by atoms with van der Waals surface area (Å²) >= 11 is 1.96. The zero-order valence-electron chi connectivity index (χ0n) is 23.2. The van der Waals surface area contributed by atoms with Gasteiger partial charge in [0.2, 0.25) is 0 Å². The van der Waals surface area contributed by atoms with E-state index >= 15 is 0 Å². The molecule has 3 aromatic rings. The molecular weight excluding hydrogens is 534 g/mol. The van der Waals surface area contributed by atoms with Gasteiger partial charge in [-0.05, 0) is 76.8 Å². The zero-order valence-corrected chi connectivity index (χ0v) is 24.8. The zero-order chi connectivity index (χ0) is 27.9. The van der Waals surface area contributed by atoms with Crippen LogP contribution in [0.3, 0.4) is 0 Å². The van der Waals surface area contributed by atoms with Crippen LogP contribution in [0, 0.1) is 12.8 Å². The van der Waals surface area contributed by atoms with Crippen molar-refractivity contribution < 1.29 is 17.9 Å². The molecule has 9 nitrogen and oxygen atoms in total. The van der Waals surface area contributed by atoms with Gasteiger partial charge in [-0.2, -0.15) is 11.8 Å². The first-order valence-corrected chi connectivity index (χ1v) is 15.9. The number of amides is 1. The van der Waals surface area contributed by atoms with Gasteiger partial charge in [-0.1, -0.05) is 17.7 Å². The first kappa shape index (κ1) is 27.8. The number of ether oxygens (including phenoxy) is 1. The number of aromatic nitrogens is 3. The van der Waals surface area contributed by atoms with Gasteiger partial charge in [-0.25, -0.2) is 27.2 Å². The van der Waals surface area contributed by atoms with Gasteiger partial charge < -0.3 is 14.5 Å². The summed E-state index contributed by atoms with van der Waals surface area (Å²) in [6.45, 7) is 9.11. The van der Waals surface area contributed by atoms with Crippen LogP contribution < -0.4 is 4.90 Å². The minimum Gasteiger partial charge on any atom is -0.444 e. The lowest BCUT2D eigenvalue weighted by Crippen LogP contribution is -2.44. The highest BCUT2D eigenvalue weighted by molar-refractivity contribution is 7.99. The first-order valence-electron chi connectivity index (χ1n) is 13.4. The number of nitrogens with zero attached hydrogens (tertiary/aromatic N) is 5. The molecule has 1 amide bonds. The number of anilines is 1. The normalized spacial score (nSPS) is 21.7. The van der Waals surface area contributed by atoms with Crippen molar-refractivity contribution in [2.75, 3.05) is 30.8 Å². The minimum absolute atomic E-state index is 0.215. The molecule has 2 aliphatic rings. The van der Waals surface area contributed by atoms with E-state index in [1.165, 1.54) is 10.3 Å². The molecule has 0 N–H and O–H groups in total. The van der Waals surface area contributed by atoms with E-state index in [1.54, 1.807) is 36.5 Å². The Bertz CT molecular complexity index is 1440.